The first kappa shape index (κ1) is 20.6. The third-order valence-corrected chi connectivity index (χ3v) is 5.03. The number of hydrogen-bond acceptors (Lipinski definition) is 4. The second kappa shape index (κ2) is 9.41. The van der Waals surface area contributed by atoms with Crippen LogP contribution < -0.4 is 5.32 Å². The number of carbonyl (C=O) groups is 1. The Morgan fingerprint density at radius 1 is 0.935 bits per heavy atom. The molecule has 1 heterocycles. The molecule has 4 aromatic rings. The van der Waals surface area contributed by atoms with E-state index >= 15 is 0 Å². The lowest BCUT2D eigenvalue weighted by atomic mass is 10.1. The molecule has 0 fully saturated rings. The average Bonchev–Trinajstić information content (AvgIpc) is 3.29. The van der Waals surface area contributed by atoms with Crippen LogP contribution in [-0.4, -0.2) is 36.4 Å². The number of rotatable bonds is 7. The molecule has 0 spiro atoms. The molecule has 5 nitrogen and oxygen atoms in total. The van der Waals surface area contributed by atoms with Gasteiger partial charge in [-0.25, -0.2) is 4.98 Å². The monoisotopic (exact) mass is 411 g/mol. The van der Waals surface area contributed by atoms with Gasteiger partial charge in [-0.15, -0.1) is 0 Å². The molecular formula is C26H25N3O2. The minimum absolute atomic E-state index is 0.198. The number of carbonyl (C=O) groups excluding carboxylic acids is 1. The van der Waals surface area contributed by atoms with E-state index in [4.69, 9.17) is 4.42 Å². The molecule has 0 unspecified atom stereocenters. The number of benzene rings is 3. The Kier molecular flexibility index (Phi) is 6.24. The van der Waals surface area contributed by atoms with E-state index in [0.717, 1.165) is 24.2 Å². The number of amides is 1. The van der Waals surface area contributed by atoms with E-state index in [1.807, 2.05) is 72.8 Å². The van der Waals surface area contributed by atoms with Crippen molar-refractivity contribution in [3.63, 3.8) is 0 Å². The van der Waals surface area contributed by atoms with Crippen LogP contribution in [0.4, 0.5) is 5.69 Å². The largest absolute Gasteiger partial charge is 0.436 e. The fourth-order valence-electron chi connectivity index (χ4n) is 3.31. The first-order chi connectivity index (χ1) is 15.1. The predicted molar refractivity (Wildman–Crippen MR) is 124 cm³/mol. The first-order valence-electron chi connectivity index (χ1n) is 10.3. The van der Waals surface area contributed by atoms with Crippen LogP contribution in [0.3, 0.4) is 0 Å². The molecule has 1 N–H and O–H groups in total. The van der Waals surface area contributed by atoms with Crippen molar-refractivity contribution in [1.82, 2.24) is 9.88 Å². The van der Waals surface area contributed by atoms with E-state index in [1.54, 1.807) is 12.3 Å². The summed E-state index contributed by atoms with van der Waals surface area (Å²) in [5.41, 5.74) is 4.11. The van der Waals surface area contributed by atoms with E-state index in [9.17, 15) is 4.79 Å². The summed E-state index contributed by atoms with van der Waals surface area (Å²) in [5, 5.41) is 2.98. The zero-order chi connectivity index (χ0) is 21.6. The van der Waals surface area contributed by atoms with Gasteiger partial charge in [-0.05, 0) is 50.3 Å². The summed E-state index contributed by atoms with van der Waals surface area (Å²) in [7, 11) is 4.12. The van der Waals surface area contributed by atoms with Crippen molar-refractivity contribution in [3.8, 4) is 22.8 Å². The van der Waals surface area contributed by atoms with Gasteiger partial charge in [0.25, 0.3) is 5.91 Å². The Balaban J connectivity index is 1.52. The number of likely N-dealkylation sites (N-methyl/N-ethyl adjacent to an activating group) is 1. The lowest BCUT2D eigenvalue weighted by molar-refractivity contribution is 0.102. The Labute approximate surface area is 182 Å². The third-order valence-electron chi connectivity index (χ3n) is 5.03. The van der Waals surface area contributed by atoms with E-state index in [1.165, 1.54) is 5.56 Å². The lowest BCUT2D eigenvalue weighted by Gasteiger charge is -2.11. The van der Waals surface area contributed by atoms with Gasteiger partial charge in [-0.3, -0.25) is 4.79 Å². The van der Waals surface area contributed by atoms with Crippen molar-refractivity contribution >= 4 is 11.6 Å². The molecule has 1 amide bonds. The normalized spacial score (nSPS) is 10.9. The van der Waals surface area contributed by atoms with Crippen molar-refractivity contribution < 1.29 is 9.21 Å². The Morgan fingerprint density at radius 2 is 1.65 bits per heavy atom. The average molecular weight is 412 g/mol. The molecule has 4 rings (SSSR count). The summed E-state index contributed by atoms with van der Waals surface area (Å²) in [4.78, 5) is 19.6. The van der Waals surface area contributed by atoms with Crippen LogP contribution in [0, 0.1) is 0 Å². The van der Waals surface area contributed by atoms with E-state index < -0.39 is 0 Å². The van der Waals surface area contributed by atoms with Gasteiger partial charge in [-0.1, -0.05) is 54.6 Å². The van der Waals surface area contributed by atoms with Gasteiger partial charge in [0.15, 0.2) is 5.76 Å². The molecule has 0 saturated carbocycles. The molecule has 0 aliphatic rings. The quantitative estimate of drug-likeness (QED) is 0.444. The number of oxazole rings is 1. The van der Waals surface area contributed by atoms with Crippen molar-refractivity contribution in [2.75, 3.05) is 26.0 Å². The Hall–Kier alpha value is -3.70. The summed E-state index contributed by atoms with van der Waals surface area (Å²) < 4.78 is 5.96. The topological polar surface area (TPSA) is 58.4 Å². The molecule has 1 aromatic heterocycles. The van der Waals surface area contributed by atoms with Crippen molar-refractivity contribution in [2.24, 2.45) is 0 Å². The fourth-order valence-corrected chi connectivity index (χ4v) is 3.31. The predicted octanol–water partition coefficient (Wildman–Crippen LogP) is 5.37. The van der Waals surface area contributed by atoms with Gasteiger partial charge in [0.05, 0.1) is 11.8 Å². The maximum Gasteiger partial charge on any atom is 0.256 e. The minimum Gasteiger partial charge on any atom is -0.436 e. The minimum atomic E-state index is -0.198. The zero-order valence-electron chi connectivity index (χ0n) is 17.7. The number of nitrogens with zero attached hydrogens (tertiary/aromatic N) is 2. The van der Waals surface area contributed by atoms with E-state index in [-0.39, 0.29) is 5.91 Å². The number of aromatic nitrogens is 1. The number of hydrogen-bond donors (Lipinski definition) is 1. The second-order valence-electron chi connectivity index (χ2n) is 7.65. The Morgan fingerprint density at radius 3 is 2.39 bits per heavy atom. The molecule has 0 saturated heterocycles. The lowest BCUT2D eigenvalue weighted by Crippen LogP contribution is -2.15. The summed E-state index contributed by atoms with van der Waals surface area (Å²) in [6, 6.07) is 25.1. The molecule has 0 bridgehead atoms. The van der Waals surface area contributed by atoms with Crippen molar-refractivity contribution in [3.05, 3.63) is 96.2 Å². The van der Waals surface area contributed by atoms with Gasteiger partial charge < -0.3 is 14.6 Å². The van der Waals surface area contributed by atoms with Gasteiger partial charge >= 0.3 is 0 Å². The molecular weight excluding hydrogens is 386 g/mol. The summed E-state index contributed by atoms with van der Waals surface area (Å²) in [5.74, 6) is 0.888. The summed E-state index contributed by atoms with van der Waals surface area (Å²) in [6.45, 7) is 0.986. The molecule has 0 aliphatic heterocycles. The van der Waals surface area contributed by atoms with Crippen LogP contribution in [0.5, 0.6) is 0 Å². The van der Waals surface area contributed by atoms with Gasteiger partial charge in [0.1, 0.15) is 0 Å². The molecule has 156 valence electrons. The second-order valence-corrected chi connectivity index (χ2v) is 7.65. The molecule has 3 aromatic carbocycles. The number of anilines is 1. The molecule has 0 aliphatic carbocycles. The maximum atomic E-state index is 13.0. The van der Waals surface area contributed by atoms with E-state index in [0.29, 0.717) is 22.8 Å². The maximum absolute atomic E-state index is 13.0. The van der Waals surface area contributed by atoms with Crippen LogP contribution in [0.2, 0.25) is 0 Å². The highest BCUT2D eigenvalue weighted by Crippen LogP contribution is 2.28. The number of nitrogens with one attached hydrogen (secondary N) is 1. The van der Waals surface area contributed by atoms with Crippen LogP contribution in [0.15, 0.2) is 89.5 Å². The van der Waals surface area contributed by atoms with Crippen LogP contribution >= 0.6 is 0 Å². The van der Waals surface area contributed by atoms with Crippen molar-refractivity contribution in [2.45, 2.75) is 6.42 Å². The molecule has 5 heteroatoms. The van der Waals surface area contributed by atoms with Crippen LogP contribution in [0.1, 0.15) is 15.9 Å². The summed E-state index contributed by atoms with van der Waals surface area (Å²) >= 11 is 0. The first-order valence-corrected chi connectivity index (χ1v) is 10.3. The highest BCUT2D eigenvalue weighted by atomic mass is 16.4. The SMILES string of the molecule is CN(C)CCc1ccc(NC(=O)c2ccccc2-c2ncc(-c3ccccc3)o2)cc1. The standard InChI is InChI=1S/C26H25N3O2/c1-29(2)17-16-19-12-14-21(15-13-19)28-25(30)22-10-6-7-11-23(22)26-27-18-24(31-26)20-8-4-3-5-9-20/h3-15,18H,16-17H2,1-2H3,(H,28,30). The zero-order valence-corrected chi connectivity index (χ0v) is 17.7. The van der Waals surface area contributed by atoms with Crippen LogP contribution in [-0.2, 0) is 6.42 Å². The fraction of sp³-hybridized carbons (Fsp3) is 0.154. The molecule has 0 atom stereocenters. The highest BCUT2D eigenvalue weighted by molar-refractivity contribution is 6.08. The summed E-state index contributed by atoms with van der Waals surface area (Å²) in [6.07, 6.45) is 2.66. The van der Waals surface area contributed by atoms with Gasteiger partial charge in [0, 0.05) is 23.4 Å². The van der Waals surface area contributed by atoms with Gasteiger partial charge in [0.2, 0.25) is 5.89 Å². The van der Waals surface area contributed by atoms with Gasteiger partial charge in [-0.2, -0.15) is 0 Å². The Bertz CT molecular complexity index is 1150. The highest BCUT2D eigenvalue weighted by Gasteiger charge is 2.17. The van der Waals surface area contributed by atoms with Crippen molar-refractivity contribution in [1.29, 1.82) is 0 Å². The third kappa shape index (κ3) is 5.08. The molecule has 0 radical (unpaired) electrons. The van der Waals surface area contributed by atoms with E-state index in [2.05, 4.69) is 29.3 Å². The smallest absolute Gasteiger partial charge is 0.256 e. The molecule has 31 heavy (non-hydrogen) atoms. The van der Waals surface area contributed by atoms with Crippen LogP contribution in [0.25, 0.3) is 22.8 Å².